The molecule has 108 valence electrons. The van der Waals surface area contributed by atoms with Crippen molar-refractivity contribution in [2.45, 2.75) is 0 Å². The maximum Gasteiger partial charge on any atom is 0.216 e. The first kappa shape index (κ1) is 15.4. The number of nitrogens with zero attached hydrogens (tertiary/aromatic N) is 3. The molecule has 0 fully saturated rings. The lowest BCUT2D eigenvalue weighted by Crippen LogP contribution is -2.01. The summed E-state index contributed by atoms with van der Waals surface area (Å²) in [4.78, 5) is 12.2. The second kappa shape index (κ2) is 7.16. The van der Waals surface area contributed by atoms with Crippen LogP contribution >= 0.6 is 11.6 Å². The van der Waals surface area contributed by atoms with Crippen molar-refractivity contribution in [2.24, 2.45) is 10.2 Å². The summed E-state index contributed by atoms with van der Waals surface area (Å²) in [5.41, 5.74) is 0.711. The predicted octanol–water partition coefficient (Wildman–Crippen LogP) is 4.58. The molecular weight excluding hydrogens is 302 g/mol. The molecule has 0 aliphatic carbocycles. The maximum absolute atomic E-state index is 12.2. The summed E-state index contributed by atoms with van der Waals surface area (Å²) in [6.07, 6.45) is 0.579. The quantitative estimate of drug-likeness (QED) is 0.388. The maximum atomic E-state index is 12.2. The fourth-order valence-electron chi connectivity index (χ4n) is 1.64. The van der Waals surface area contributed by atoms with Crippen LogP contribution in [-0.2, 0) is 0 Å². The Hall–Kier alpha value is -2.97. The zero-order valence-electron chi connectivity index (χ0n) is 11.3. The van der Waals surface area contributed by atoms with Crippen LogP contribution in [0.1, 0.15) is 15.9 Å². The number of aliphatic hydroxyl groups excluding tert-OH is 1. The summed E-state index contributed by atoms with van der Waals surface area (Å²) in [6, 6.07) is 14.7. The van der Waals surface area contributed by atoms with Gasteiger partial charge in [-0.25, -0.2) is 0 Å². The third-order valence-corrected chi connectivity index (χ3v) is 3.00. The number of hydrogen-bond donors (Lipinski definition) is 1. The van der Waals surface area contributed by atoms with Crippen LogP contribution in [-0.4, -0.2) is 10.9 Å². The molecule has 0 bridgehead atoms. The van der Waals surface area contributed by atoms with Crippen molar-refractivity contribution in [3.8, 4) is 6.07 Å². The summed E-state index contributed by atoms with van der Waals surface area (Å²) in [5, 5.41) is 26.2. The predicted molar refractivity (Wildman–Crippen MR) is 82.2 cm³/mol. The molecule has 22 heavy (non-hydrogen) atoms. The Morgan fingerprint density at radius 2 is 1.86 bits per heavy atom. The Labute approximate surface area is 131 Å². The molecule has 0 aliphatic heterocycles. The molecule has 5 nitrogen and oxygen atoms in total. The number of hydrogen-bond acceptors (Lipinski definition) is 5. The third-order valence-electron chi connectivity index (χ3n) is 2.75. The largest absolute Gasteiger partial charge is 0.513 e. The zero-order valence-corrected chi connectivity index (χ0v) is 12.0. The molecule has 2 aromatic carbocycles. The van der Waals surface area contributed by atoms with Gasteiger partial charge in [0.25, 0.3) is 0 Å². The van der Waals surface area contributed by atoms with Gasteiger partial charge in [0.15, 0.2) is 5.70 Å². The van der Waals surface area contributed by atoms with E-state index in [0.29, 0.717) is 28.1 Å². The summed E-state index contributed by atoms with van der Waals surface area (Å²) in [5.74, 6) is -0.502. The highest BCUT2D eigenvalue weighted by Crippen LogP contribution is 2.20. The Kier molecular flexibility index (Phi) is 5.02. The Balaban J connectivity index is 2.26. The van der Waals surface area contributed by atoms with E-state index >= 15 is 0 Å². The fraction of sp³-hybridized carbons (Fsp3) is 0. The number of carbonyl (C=O) groups excluding carboxylic acids is 1. The molecular formula is C16H10ClN3O2. The van der Waals surface area contributed by atoms with E-state index in [4.69, 9.17) is 16.9 Å². The van der Waals surface area contributed by atoms with Crippen LogP contribution in [0.25, 0.3) is 0 Å². The molecule has 2 aromatic rings. The Bertz CT molecular complexity index is 790. The van der Waals surface area contributed by atoms with Gasteiger partial charge in [0, 0.05) is 10.6 Å². The van der Waals surface area contributed by atoms with Gasteiger partial charge in [-0.05, 0) is 36.4 Å². The van der Waals surface area contributed by atoms with E-state index in [9.17, 15) is 9.90 Å². The van der Waals surface area contributed by atoms with Crippen molar-refractivity contribution in [2.75, 3.05) is 0 Å². The van der Waals surface area contributed by atoms with Crippen molar-refractivity contribution in [1.82, 2.24) is 0 Å². The molecule has 0 heterocycles. The van der Waals surface area contributed by atoms with Gasteiger partial charge in [-0.15, -0.1) is 10.2 Å². The number of rotatable bonds is 4. The van der Waals surface area contributed by atoms with Crippen LogP contribution in [0.2, 0.25) is 5.02 Å². The number of aliphatic hydroxyl groups is 1. The third kappa shape index (κ3) is 3.57. The van der Waals surface area contributed by atoms with Crippen LogP contribution in [0.5, 0.6) is 0 Å². The first-order valence-corrected chi connectivity index (χ1v) is 6.59. The zero-order chi connectivity index (χ0) is 15.9. The van der Waals surface area contributed by atoms with Crippen molar-refractivity contribution in [3.63, 3.8) is 0 Å². The molecule has 0 amide bonds. The topological polar surface area (TPSA) is 85.8 Å². The van der Waals surface area contributed by atoms with E-state index in [1.165, 1.54) is 12.1 Å². The van der Waals surface area contributed by atoms with Crippen LogP contribution in [0, 0.1) is 11.3 Å². The van der Waals surface area contributed by atoms with Gasteiger partial charge in [0.2, 0.25) is 5.78 Å². The average Bonchev–Trinajstić information content (AvgIpc) is 2.56. The number of azo groups is 1. The SMILES string of the molecule is N#Cc1ccccc1N=N/C(=C\O)C(=O)c1ccc(Cl)cc1. The van der Waals surface area contributed by atoms with Gasteiger partial charge < -0.3 is 5.11 Å². The normalized spacial score (nSPS) is 11.4. The Morgan fingerprint density at radius 1 is 1.18 bits per heavy atom. The van der Waals surface area contributed by atoms with Crippen LogP contribution in [0.15, 0.2) is 70.7 Å². The summed E-state index contributed by atoms with van der Waals surface area (Å²) in [6.45, 7) is 0. The molecule has 0 radical (unpaired) electrons. The number of halogens is 1. The second-order valence-corrected chi connectivity index (χ2v) is 4.62. The van der Waals surface area contributed by atoms with Crippen molar-refractivity contribution < 1.29 is 9.90 Å². The van der Waals surface area contributed by atoms with Gasteiger partial charge in [-0.2, -0.15) is 5.26 Å². The molecule has 0 aromatic heterocycles. The number of Topliss-reactive ketones (excluding diaryl/α,β-unsaturated/α-hetero) is 1. The number of ketones is 1. The van der Waals surface area contributed by atoms with E-state index in [1.807, 2.05) is 6.07 Å². The van der Waals surface area contributed by atoms with Crippen molar-refractivity contribution in [3.05, 3.63) is 76.6 Å². The highest BCUT2D eigenvalue weighted by atomic mass is 35.5. The lowest BCUT2D eigenvalue weighted by molar-refractivity contribution is 0.102. The first-order chi connectivity index (χ1) is 10.7. The number of benzene rings is 2. The second-order valence-electron chi connectivity index (χ2n) is 4.18. The van der Waals surface area contributed by atoms with E-state index in [2.05, 4.69) is 10.2 Å². The van der Waals surface area contributed by atoms with Gasteiger partial charge in [0.05, 0.1) is 5.56 Å². The summed E-state index contributed by atoms with van der Waals surface area (Å²) in [7, 11) is 0. The molecule has 1 N–H and O–H groups in total. The minimum atomic E-state index is -0.502. The minimum absolute atomic E-state index is 0.241. The van der Waals surface area contributed by atoms with E-state index in [1.54, 1.807) is 36.4 Å². The van der Waals surface area contributed by atoms with E-state index in [0.717, 1.165) is 0 Å². The van der Waals surface area contributed by atoms with Crippen LogP contribution in [0.4, 0.5) is 5.69 Å². The van der Waals surface area contributed by atoms with Gasteiger partial charge in [0.1, 0.15) is 18.0 Å². The standard InChI is InChI=1S/C16H10ClN3O2/c17-13-7-5-11(6-8-13)16(22)15(10-21)20-19-14-4-2-1-3-12(14)9-18/h1-8,10,21H/b15-10-,20-19?. The summed E-state index contributed by atoms with van der Waals surface area (Å²) >= 11 is 5.76. The minimum Gasteiger partial charge on any atom is -0.513 e. The highest BCUT2D eigenvalue weighted by Gasteiger charge is 2.12. The molecule has 0 spiro atoms. The van der Waals surface area contributed by atoms with Gasteiger partial charge in [-0.3, -0.25) is 4.79 Å². The molecule has 0 aliphatic rings. The molecule has 0 atom stereocenters. The van der Waals surface area contributed by atoms with Crippen molar-refractivity contribution in [1.29, 1.82) is 5.26 Å². The highest BCUT2D eigenvalue weighted by molar-refractivity contribution is 6.30. The van der Waals surface area contributed by atoms with Crippen LogP contribution in [0.3, 0.4) is 0 Å². The number of carbonyl (C=O) groups is 1. The average molecular weight is 312 g/mol. The van der Waals surface area contributed by atoms with E-state index in [-0.39, 0.29) is 5.70 Å². The lowest BCUT2D eigenvalue weighted by Gasteiger charge is -2.00. The Morgan fingerprint density at radius 3 is 2.50 bits per heavy atom. The number of nitriles is 1. The monoisotopic (exact) mass is 311 g/mol. The molecule has 2 rings (SSSR count). The molecule has 0 saturated carbocycles. The molecule has 0 saturated heterocycles. The lowest BCUT2D eigenvalue weighted by atomic mass is 10.1. The van der Waals surface area contributed by atoms with Crippen molar-refractivity contribution >= 4 is 23.1 Å². The fourth-order valence-corrected chi connectivity index (χ4v) is 1.77. The smallest absolute Gasteiger partial charge is 0.216 e. The van der Waals surface area contributed by atoms with Gasteiger partial charge in [-0.1, -0.05) is 23.7 Å². The molecule has 0 unspecified atom stereocenters. The van der Waals surface area contributed by atoms with E-state index < -0.39 is 5.78 Å². The molecule has 6 heteroatoms. The first-order valence-electron chi connectivity index (χ1n) is 6.21. The van der Waals surface area contributed by atoms with Crippen LogP contribution < -0.4 is 0 Å². The number of allylic oxidation sites excluding steroid dienone is 1. The summed E-state index contributed by atoms with van der Waals surface area (Å²) < 4.78 is 0. The van der Waals surface area contributed by atoms with Gasteiger partial charge >= 0.3 is 0 Å².